The zero-order chi connectivity index (χ0) is 30.8. The van der Waals surface area contributed by atoms with Crippen LogP contribution in [0.1, 0.15) is 38.2 Å². The Labute approximate surface area is 262 Å². The number of carbonyl (C=O) groups is 2. The molecule has 4 heterocycles. The van der Waals surface area contributed by atoms with Gasteiger partial charge >= 0.3 is 0 Å². The van der Waals surface area contributed by atoms with E-state index in [1.54, 1.807) is 6.20 Å². The van der Waals surface area contributed by atoms with E-state index < -0.39 is 6.04 Å². The summed E-state index contributed by atoms with van der Waals surface area (Å²) in [5.41, 5.74) is 17.0. The van der Waals surface area contributed by atoms with Gasteiger partial charge in [0.05, 0.1) is 16.9 Å². The number of halogens is 1. The van der Waals surface area contributed by atoms with Gasteiger partial charge in [0.15, 0.2) is 5.82 Å². The maximum Gasteiger partial charge on any atom is 0.249 e. The molecule has 3 aliphatic rings. The SMILES string of the molecule is CC1(N)CCN(c2cnc(-c3cccc(N4CCN(Cc5cccc(NC6CCC(=O)NC6=O)c5)CC4)c3Cl)c(N)n2)CC1. The van der Waals surface area contributed by atoms with Crippen molar-refractivity contribution in [3.63, 3.8) is 0 Å². The number of carbonyl (C=O) groups excluding carboxylic acids is 2. The van der Waals surface area contributed by atoms with Gasteiger partial charge in [-0.3, -0.25) is 19.8 Å². The summed E-state index contributed by atoms with van der Waals surface area (Å²) in [4.78, 5) is 39.9. The molecule has 2 aromatic carbocycles. The highest BCUT2D eigenvalue weighted by atomic mass is 35.5. The highest BCUT2D eigenvalue weighted by molar-refractivity contribution is 6.36. The van der Waals surface area contributed by atoms with E-state index in [0.29, 0.717) is 29.4 Å². The molecule has 0 bridgehead atoms. The van der Waals surface area contributed by atoms with Crippen molar-refractivity contribution in [1.29, 1.82) is 0 Å². The number of nitrogens with zero attached hydrogens (tertiary/aromatic N) is 5. The van der Waals surface area contributed by atoms with Crippen molar-refractivity contribution in [2.45, 2.75) is 50.7 Å². The van der Waals surface area contributed by atoms with Gasteiger partial charge in [-0.25, -0.2) is 9.97 Å². The molecule has 0 spiro atoms. The average Bonchev–Trinajstić information content (AvgIpc) is 3.00. The number of nitrogens with one attached hydrogen (secondary N) is 2. The summed E-state index contributed by atoms with van der Waals surface area (Å²) >= 11 is 6.99. The lowest BCUT2D eigenvalue weighted by Gasteiger charge is -2.37. The molecule has 232 valence electrons. The highest BCUT2D eigenvalue weighted by Crippen LogP contribution is 2.38. The normalized spacial score (nSPS) is 20.8. The van der Waals surface area contributed by atoms with E-state index in [9.17, 15) is 9.59 Å². The number of rotatable bonds is 7. The molecule has 6 N–H and O–H groups in total. The van der Waals surface area contributed by atoms with Crippen LogP contribution in [0, 0.1) is 0 Å². The average molecular weight is 618 g/mol. The minimum atomic E-state index is -0.399. The summed E-state index contributed by atoms with van der Waals surface area (Å²) in [6.45, 7) is 7.94. The van der Waals surface area contributed by atoms with E-state index in [1.807, 2.05) is 30.3 Å². The van der Waals surface area contributed by atoms with E-state index >= 15 is 0 Å². The van der Waals surface area contributed by atoms with Gasteiger partial charge in [-0.05, 0) is 49.9 Å². The standard InChI is InChI=1S/C32H40ClN9O2/c1-32(35)10-12-42(13-11-32)26-19-36-29(30(34)38-26)23-6-3-7-25(28(23)33)41-16-14-40(15-17-41)20-21-4-2-5-22(18-21)37-24-8-9-27(43)39-31(24)44/h2-7,18-19,24,37H,8-17,20,35H2,1H3,(H2,34,38)(H,39,43,44). The number of hydrogen-bond donors (Lipinski definition) is 4. The molecule has 6 rings (SSSR count). The third-order valence-corrected chi connectivity index (χ3v) is 9.27. The lowest BCUT2D eigenvalue weighted by molar-refractivity contribution is -0.133. The van der Waals surface area contributed by atoms with Crippen LogP contribution in [0.2, 0.25) is 5.02 Å². The van der Waals surface area contributed by atoms with Crippen molar-refractivity contribution in [1.82, 2.24) is 20.2 Å². The van der Waals surface area contributed by atoms with Crippen LogP contribution in [0.3, 0.4) is 0 Å². The lowest BCUT2D eigenvalue weighted by atomic mass is 9.91. The van der Waals surface area contributed by atoms with E-state index in [4.69, 9.17) is 28.1 Å². The van der Waals surface area contributed by atoms with Crippen LogP contribution in [0.4, 0.5) is 23.0 Å². The van der Waals surface area contributed by atoms with Gasteiger partial charge < -0.3 is 26.6 Å². The maximum absolute atomic E-state index is 12.2. The van der Waals surface area contributed by atoms with Gasteiger partial charge in [-0.15, -0.1) is 0 Å². The predicted molar refractivity (Wildman–Crippen MR) is 175 cm³/mol. The number of benzene rings is 2. The number of aromatic nitrogens is 2. The molecule has 3 aromatic rings. The molecule has 1 aromatic heterocycles. The quantitative estimate of drug-likeness (QED) is 0.292. The molecular formula is C32H40ClN9O2. The van der Waals surface area contributed by atoms with Crippen LogP contribution in [0.25, 0.3) is 11.3 Å². The Kier molecular flexibility index (Phi) is 8.61. The Morgan fingerprint density at radius 3 is 2.52 bits per heavy atom. The zero-order valence-corrected chi connectivity index (χ0v) is 25.8. The van der Waals surface area contributed by atoms with Crippen molar-refractivity contribution < 1.29 is 9.59 Å². The summed E-state index contributed by atoms with van der Waals surface area (Å²) in [5.74, 6) is 0.647. The molecule has 1 atom stereocenters. The first-order valence-corrected chi connectivity index (χ1v) is 15.6. The van der Waals surface area contributed by atoms with Crippen molar-refractivity contribution in [2.24, 2.45) is 5.73 Å². The largest absolute Gasteiger partial charge is 0.382 e. The minimum Gasteiger partial charge on any atom is -0.382 e. The van der Waals surface area contributed by atoms with Crippen molar-refractivity contribution in [3.05, 3.63) is 59.2 Å². The van der Waals surface area contributed by atoms with E-state index in [1.165, 1.54) is 0 Å². The second kappa shape index (κ2) is 12.6. The fraction of sp³-hybridized carbons (Fsp3) is 0.438. The lowest BCUT2D eigenvalue weighted by Crippen LogP contribution is -2.48. The molecule has 11 nitrogen and oxygen atoms in total. The molecule has 3 saturated heterocycles. The zero-order valence-electron chi connectivity index (χ0n) is 25.1. The van der Waals surface area contributed by atoms with Crippen molar-refractivity contribution in [3.8, 4) is 11.3 Å². The first-order valence-electron chi connectivity index (χ1n) is 15.3. The number of hydrogen-bond acceptors (Lipinski definition) is 10. The van der Waals surface area contributed by atoms with E-state index in [2.05, 4.69) is 49.4 Å². The third kappa shape index (κ3) is 6.74. The van der Waals surface area contributed by atoms with Gasteiger partial charge in [0.1, 0.15) is 17.6 Å². The molecule has 12 heteroatoms. The fourth-order valence-electron chi connectivity index (χ4n) is 6.14. The van der Waals surface area contributed by atoms with Crippen LogP contribution in [-0.2, 0) is 16.1 Å². The Morgan fingerprint density at radius 2 is 1.80 bits per heavy atom. The molecule has 1 unspecified atom stereocenters. The van der Waals surface area contributed by atoms with Crippen molar-refractivity contribution in [2.75, 3.05) is 60.1 Å². The molecule has 3 fully saturated rings. The van der Waals surface area contributed by atoms with Crippen LogP contribution in [0.15, 0.2) is 48.7 Å². The Hall–Kier alpha value is -3.93. The first-order chi connectivity index (χ1) is 21.1. The van der Waals surface area contributed by atoms with Gasteiger partial charge in [0, 0.05) is 69.0 Å². The number of piperidine rings is 2. The molecular weight excluding hydrogens is 578 g/mol. The summed E-state index contributed by atoms with van der Waals surface area (Å²) in [6, 6.07) is 13.7. The molecule has 44 heavy (non-hydrogen) atoms. The number of piperazine rings is 1. The summed E-state index contributed by atoms with van der Waals surface area (Å²) in [7, 11) is 0. The second-order valence-electron chi connectivity index (χ2n) is 12.4. The predicted octanol–water partition coefficient (Wildman–Crippen LogP) is 3.24. The Bertz CT molecular complexity index is 1530. The van der Waals surface area contributed by atoms with Crippen molar-refractivity contribution >= 4 is 46.4 Å². The summed E-state index contributed by atoms with van der Waals surface area (Å²) in [6.07, 6.45) is 4.42. The fourth-order valence-corrected chi connectivity index (χ4v) is 6.48. The smallest absolute Gasteiger partial charge is 0.249 e. The van der Waals surface area contributed by atoms with Gasteiger partial charge in [0.2, 0.25) is 11.8 Å². The number of anilines is 4. The van der Waals surface area contributed by atoms with Gasteiger partial charge in [-0.1, -0.05) is 35.9 Å². The number of nitrogens with two attached hydrogens (primary N) is 2. The monoisotopic (exact) mass is 617 g/mol. The topological polar surface area (TPSA) is 146 Å². The maximum atomic E-state index is 12.2. The minimum absolute atomic E-state index is 0.142. The molecule has 2 amide bonds. The van der Waals surface area contributed by atoms with Crippen LogP contribution >= 0.6 is 11.6 Å². The third-order valence-electron chi connectivity index (χ3n) is 8.88. The summed E-state index contributed by atoms with van der Waals surface area (Å²) < 4.78 is 0. The van der Waals surface area contributed by atoms with Crippen LogP contribution < -0.4 is 31.9 Å². The molecule has 3 aliphatic heterocycles. The van der Waals surface area contributed by atoms with Gasteiger partial charge in [-0.2, -0.15) is 0 Å². The summed E-state index contributed by atoms with van der Waals surface area (Å²) in [5, 5.41) is 6.30. The number of amides is 2. The first kappa shape index (κ1) is 30.1. The van der Waals surface area contributed by atoms with Gasteiger partial charge in [0.25, 0.3) is 0 Å². The van der Waals surface area contributed by atoms with E-state index in [0.717, 1.165) is 87.0 Å². The highest BCUT2D eigenvalue weighted by Gasteiger charge is 2.28. The number of imide groups is 1. The van der Waals surface area contributed by atoms with E-state index in [-0.39, 0.29) is 17.4 Å². The molecule has 0 saturated carbocycles. The van der Waals surface area contributed by atoms with Crippen LogP contribution in [0.5, 0.6) is 0 Å². The number of nitrogen functional groups attached to an aromatic ring is 1. The second-order valence-corrected chi connectivity index (χ2v) is 12.7. The Balaban J connectivity index is 1.07. The molecule has 0 aliphatic carbocycles. The van der Waals surface area contributed by atoms with Crippen LogP contribution in [-0.4, -0.2) is 77.5 Å². The Morgan fingerprint density at radius 1 is 1.05 bits per heavy atom. The molecule has 0 radical (unpaired) electrons.